The number of hydrogen-bond acceptors (Lipinski definition) is 1. The van der Waals surface area contributed by atoms with Crippen LogP contribution in [0.1, 0.15) is 15.9 Å². The van der Waals surface area contributed by atoms with Gasteiger partial charge in [0.1, 0.15) is 0 Å². The number of halogens is 3. The minimum atomic E-state index is -1.13. The zero-order chi connectivity index (χ0) is 14.3. The zero-order valence-corrected chi connectivity index (χ0v) is 11.7. The monoisotopic (exact) mass is 335 g/mol. The number of nitrogens with one attached hydrogen (secondary N) is 1. The number of benzene rings is 2. The van der Waals surface area contributed by atoms with E-state index in [1.54, 1.807) is 12.1 Å². The predicted molar refractivity (Wildman–Crippen MR) is 75.8 cm³/mol. The maximum atomic E-state index is 13.7. The zero-order valence-electron chi connectivity index (χ0n) is 10.1. The molecule has 0 aliphatic carbocycles. The molecule has 1 heterocycles. The van der Waals surface area contributed by atoms with Crippen molar-refractivity contribution in [3.8, 4) is 0 Å². The minimum absolute atomic E-state index is 0.276. The van der Waals surface area contributed by atoms with Gasteiger partial charge in [0.05, 0.1) is 5.56 Å². The van der Waals surface area contributed by atoms with Crippen LogP contribution in [0.5, 0.6) is 0 Å². The second kappa shape index (κ2) is 4.83. The molecule has 20 heavy (non-hydrogen) atoms. The quantitative estimate of drug-likeness (QED) is 0.690. The van der Waals surface area contributed by atoms with Crippen molar-refractivity contribution < 1.29 is 13.6 Å². The molecule has 0 unspecified atom stereocenters. The van der Waals surface area contributed by atoms with Gasteiger partial charge in [-0.2, -0.15) is 0 Å². The average Bonchev–Trinajstić information content (AvgIpc) is 2.86. The van der Waals surface area contributed by atoms with E-state index in [9.17, 15) is 13.6 Å². The first-order valence-corrected chi connectivity index (χ1v) is 6.63. The van der Waals surface area contributed by atoms with Gasteiger partial charge in [-0.3, -0.25) is 4.79 Å². The summed E-state index contributed by atoms with van der Waals surface area (Å²) in [5.41, 5.74) is 0.776. The highest BCUT2D eigenvalue weighted by atomic mass is 79.9. The Balaban J connectivity index is 2.21. The number of ketones is 1. The van der Waals surface area contributed by atoms with Crippen molar-refractivity contribution in [2.24, 2.45) is 0 Å². The third kappa shape index (κ3) is 1.94. The summed E-state index contributed by atoms with van der Waals surface area (Å²) in [6, 6.07) is 8.98. The van der Waals surface area contributed by atoms with Gasteiger partial charge in [0.2, 0.25) is 0 Å². The number of rotatable bonds is 2. The Morgan fingerprint density at radius 1 is 1.05 bits per heavy atom. The van der Waals surface area contributed by atoms with E-state index in [4.69, 9.17) is 0 Å². The van der Waals surface area contributed by atoms with Gasteiger partial charge in [0, 0.05) is 27.1 Å². The lowest BCUT2D eigenvalue weighted by atomic mass is 10.0. The molecule has 1 N–H and O–H groups in total. The molecule has 0 amide bonds. The molecule has 3 aromatic rings. The van der Waals surface area contributed by atoms with Crippen molar-refractivity contribution in [2.45, 2.75) is 0 Å². The normalized spacial score (nSPS) is 10.9. The van der Waals surface area contributed by atoms with Crippen LogP contribution in [0.2, 0.25) is 0 Å². The van der Waals surface area contributed by atoms with E-state index in [0.717, 1.165) is 16.1 Å². The van der Waals surface area contributed by atoms with Crippen LogP contribution in [0.15, 0.2) is 47.1 Å². The Hall–Kier alpha value is -2.01. The second-order valence-electron chi connectivity index (χ2n) is 4.30. The Bertz CT molecular complexity index is 826. The minimum Gasteiger partial charge on any atom is -0.360 e. The van der Waals surface area contributed by atoms with Crippen LogP contribution in [0, 0.1) is 11.6 Å². The second-order valence-corrected chi connectivity index (χ2v) is 5.15. The summed E-state index contributed by atoms with van der Waals surface area (Å²) in [6.07, 6.45) is 1.50. The topological polar surface area (TPSA) is 32.9 Å². The summed E-state index contributed by atoms with van der Waals surface area (Å²) >= 11 is 3.36. The molecule has 1 aromatic heterocycles. The molecule has 2 aromatic carbocycles. The standard InChI is InChI=1S/C15H8BrF2NO/c16-10-4-2-6-12-13(10)9(7-19-12)15(20)8-3-1-5-11(17)14(8)18/h1-7,19H. The third-order valence-corrected chi connectivity index (χ3v) is 3.76. The first-order valence-electron chi connectivity index (χ1n) is 5.84. The molecule has 0 fully saturated rings. The molecule has 5 heteroatoms. The van der Waals surface area contributed by atoms with E-state index < -0.39 is 17.4 Å². The number of H-pyrrole nitrogens is 1. The Kier molecular flexibility index (Phi) is 3.14. The number of hydrogen-bond donors (Lipinski definition) is 1. The molecule has 0 bridgehead atoms. The van der Waals surface area contributed by atoms with Gasteiger partial charge in [-0.15, -0.1) is 0 Å². The van der Waals surface area contributed by atoms with Gasteiger partial charge >= 0.3 is 0 Å². The fraction of sp³-hybridized carbons (Fsp3) is 0. The van der Waals surface area contributed by atoms with E-state index in [1.807, 2.05) is 6.07 Å². The van der Waals surface area contributed by atoms with E-state index in [0.29, 0.717) is 10.9 Å². The predicted octanol–water partition coefficient (Wildman–Crippen LogP) is 4.44. The van der Waals surface area contributed by atoms with Crippen LogP contribution in [0.25, 0.3) is 10.9 Å². The van der Waals surface area contributed by atoms with Gasteiger partial charge < -0.3 is 4.98 Å². The molecule has 0 saturated carbocycles. The fourth-order valence-electron chi connectivity index (χ4n) is 2.14. The van der Waals surface area contributed by atoms with Crippen LogP contribution in [0.4, 0.5) is 8.78 Å². The molecular formula is C15H8BrF2NO. The lowest BCUT2D eigenvalue weighted by molar-refractivity contribution is 0.103. The molecule has 0 atom stereocenters. The molecule has 2 nitrogen and oxygen atoms in total. The molecule has 0 radical (unpaired) electrons. The Morgan fingerprint density at radius 3 is 2.60 bits per heavy atom. The van der Waals surface area contributed by atoms with Crippen molar-refractivity contribution in [3.63, 3.8) is 0 Å². The fourth-order valence-corrected chi connectivity index (χ4v) is 2.72. The van der Waals surface area contributed by atoms with Crippen molar-refractivity contribution in [2.75, 3.05) is 0 Å². The van der Waals surface area contributed by atoms with Crippen LogP contribution >= 0.6 is 15.9 Å². The smallest absolute Gasteiger partial charge is 0.198 e. The number of aromatic amines is 1. The number of fused-ring (bicyclic) bond motifs is 1. The van der Waals surface area contributed by atoms with Crippen LogP contribution in [-0.4, -0.2) is 10.8 Å². The largest absolute Gasteiger partial charge is 0.360 e. The SMILES string of the molecule is O=C(c1cccc(F)c1F)c1c[nH]c2cccc(Br)c12. The summed E-state index contributed by atoms with van der Waals surface area (Å²) in [7, 11) is 0. The van der Waals surface area contributed by atoms with Gasteiger partial charge in [-0.1, -0.05) is 28.1 Å². The summed E-state index contributed by atoms with van der Waals surface area (Å²) < 4.78 is 27.7. The molecule has 0 aliphatic rings. The van der Waals surface area contributed by atoms with Gasteiger partial charge in [0.15, 0.2) is 17.4 Å². The van der Waals surface area contributed by atoms with Crippen LogP contribution < -0.4 is 0 Å². The summed E-state index contributed by atoms with van der Waals surface area (Å²) in [5, 5.41) is 0.654. The van der Waals surface area contributed by atoms with E-state index >= 15 is 0 Å². The molecule has 3 rings (SSSR count). The highest BCUT2D eigenvalue weighted by molar-refractivity contribution is 9.10. The first kappa shape index (κ1) is 13.0. The third-order valence-electron chi connectivity index (χ3n) is 3.10. The Morgan fingerprint density at radius 2 is 1.80 bits per heavy atom. The maximum absolute atomic E-state index is 13.7. The maximum Gasteiger partial charge on any atom is 0.198 e. The Labute approximate surface area is 121 Å². The lowest BCUT2D eigenvalue weighted by Crippen LogP contribution is -2.05. The number of aromatic nitrogens is 1. The van der Waals surface area contributed by atoms with Crippen molar-refractivity contribution in [3.05, 3.63) is 69.8 Å². The van der Waals surface area contributed by atoms with Gasteiger partial charge in [-0.25, -0.2) is 8.78 Å². The van der Waals surface area contributed by atoms with E-state index in [1.165, 1.54) is 18.3 Å². The van der Waals surface area contributed by atoms with Crippen molar-refractivity contribution >= 4 is 32.6 Å². The summed E-state index contributed by atoms with van der Waals surface area (Å²) in [6.45, 7) is 0. The molecule has 0 spiro atoms. The number of carbonyl (C=O) groups is 1. The molecular weight excluding hydrogens is 328 g/mol. The summed E-state index contributed by atoms with van der Waals surface area (Å²) in [4.78, 5) is 15.3. The molecule has 0 aliphatic heterocycles. The van der Waals surface area contributed by atoms with Crippen molar-refractivity contribution in [1.82, 2.24) is 4.98 Å². The van der Waals surface area contributed by atoms with Gasteiger partial charge in [-0.05, 0) is 24.3 Å². The average molecular weight is 336 g/mol. The van der Waals surface area contributed by atoms with Gasteiger partial charge in [0.25, 0.3) is 0 Å². The first-order chi connectivity index (χ1) is 9.59. The highest BCUT2D eigenvalue weighted by Crippen LogP contribution is 2.29. The van der Waals surface area contributed by atoms with E-state index in [2.05, 4.69) is 20.9 Å². The lowest BCUT2D eigenvalue weighted by Gasteiger charge is -2.03. The van der Waals surface area contributed by atoms with Crippen LogP contribution in [-0.2, 0) is 0 Å². The molecule has 100 valence electrons. The van der Waals surface area contributed by atoms with Crippen LogP contribution in [0.3, 0.4) is 0 Å². The highest BCUT2D eigenvalue weighted by Gasteiger charge is 2.20. The molecule has 0 saturated heterocycles. The van der Waals surface area contributed by atoms with Crippen molar-refractivity contribution in [1.29, 1.82) is 0 Å². The summed E-state index contributed by atoms with van der Waals surface area (Å²) in [5.74, 6) is -2.71. The number of carbonyl (C=O) groups excluding carboxylic acids is 1. The van der Waals surface area contributed by atoms with E-state index in [-0.39, 0.29) is 5.56 Å².